The largest absolute Gasteiger partial charge is 0.453 e. The zero-order valence-corrected chi connectivity index (χ0v) is 13.8. The number of imide groups is 1. The monoisotopic (exact) mass is 346 g/mol. The number of nitrogens with one attached hydrogen (secondary N) is 1. The van der Waals surface area contributed by atoms with Crippen molar-refractivity contribution in [3.63, 3.8) is 0 Å². The van der Waals surface area contributed by atoms with Crippen LogP contribution in [0.25, 0.3) is 10.9 Å². The van der Waals surface area contributed by atoms with E-state index in [1.165, 1.54) is 11.5 Å². The van der Waals surface area contributed by atoms with E-state index in [0.717, 1.165) is 0 Å². The average Bonchev–Trinajstić information content (AvgIpc) is 2.56. The molecular weight excluding hydrogens is 328 g/mol. The molecule has 0 fully saturated rings. The molecular formula is C16H18N4O5. The van der Waals surface area contributed by atoms with Gasteiger partial charge in [0.2, 0.25) is 0 Å². The number of para-hydroxylation sites is 1. The van der Waals surface area contributed by atoms with E-state index >= 15 is 0 Å². The number of amides is 3. The van der Waals surface area contributed by atoms with Crippen LogP contribution in [0.5, 0.6) is 0 Å². The molecule has 9 heteroatoms. The minimum Gasteiger partial charge on any atom is -0.453 e. The third-order valence-electron chi connectivity index (χ3n) is 3.55. The van der Waals surface area contributed by atoms with Crippen LogP contribution in [0.4, 0.5) is 4.79 Å². The predicted molar refractivity (Wildman–Crippen MR) is 88.6 cm³/mol. The second-order valence-corrected chi connectivity index (χ2v) is 5.39. The SMILES string of the molecule is C[C@H](OC(=O)CCc1nc2ccccc2c(=O)n1C)C(=O)NC(N)=O. The minimum atomic E-state index is -1.16. The number of carbonyl (C=O) groups is 3. The van der Waals surface area contributed by atoms with E-state index in [4.69, 9.17) is 10.5 Å². The Morgan fingerprint density at radius 1 is 1.32 bits per heavy atom. The molecule has 1 aromatic carbocycles. The molecule has 1 heterocycles. The first-order valence-corrected chi connectivity index (χ1v) is 7.54. The van der Waals surface area contributed by atoms with Gasteiger partial charge in [-0.3, -0.25) is 24.3 Å². The number of rotatable bonds is 5. The highest BCUT2D eigenvalue weighted by Crippen LogP contribution is 2.09. The van der Waals surface area contributed by atoms with Gasteiger partial charge in [-0.2, -0.15) is 0 Å². The van der Waals surface area contributed by atoms with Gasteiger partial charge in [-0.25, -0.2) is 9.78 Å². The Hall–Kier alpha value is -3.23. The fourth-order valence-corrected chi connectivity index (χ4v) is 2.23. The predicted octanol–water partition coefficient (Wildman–Crippen LogP) is -0.00730. The van der Waals surface area contributed by atoms with Crippen molar-refractivity contribution in [1.82, 2.24) is 14.9 Å². The highest BCUT2D eigenvalue weighted by molar-refractivity contribution is 5.96. The van der Waals surface area contributed by atoms with Crippen LogP contribution in [0.3, 0.4) is 0 Å². The lowest BCUT2D eigenvalue weighted by Crippen LogP contribution is -2.42. The van der Waals surface area contributed by atoms with Crippen LogP contribution < -0.4 is 16.6 Å². The normalized spacial score (nSPS) is 11.8. The third kappa shape index (κ3) is 4.40. The Labute approximate surface area is 142 Å². The lowest BCUT2D eigenvalue weighted by atomic mass is 10.2. The van der Waals surface area contributed by atoms with Gasteiger partial charge in [0.05, 0.1) is 17.3 Å². The van der Waals surface area contributed by atoms with Crippen LogP contribution in [-0.4, -0.2) is 33.6 Å². The molecule has 0 saturated carbocycles. The molecule has 9 nitrogen and oxygen atoms in total. The summed E-state index contributed by atoms with van der Waals surface area (Å²) in [6, 6.07) is 5.90. The van der Waals surface area contributed by atoms with Gasteiger partial charge in [0.25, 0.3) is 11.5 Å². The Balaban J connectivity index is 2.04. The van der Waals surface area contributed by atoms with Crippen molar-refractivity contribution in [3.05, 3.63) is 40.4 Å². The second-order valence-electron chi connectivity index (χ2n) is 5.39. The molecule has 1 aromatic heterocycles. The highest BCUT2D eigenvalue weighted by atomic mass is 16.5. The molecule has 0 aliphatic carbocycles. The van der Waals surface area contributed by atoms with E-state index in [-0.39, 0.29) is 18.4 Å². The number of aromatic nitrogens is 2. The van der Waals surface area contributed by atoms with Crippen molar-refractivity contribution in [2.75, 3.05) is 0 Å². The van der Waals surface area contributed by atoms with E-state index < -0.39 is 24.0 Å². The zero-order chi connectivity index (χ0) is 18.6. The Morgan fingerprint density at radius 3 is 2.68 bits per heavy atom. The number of benzene rings is 1. The van der Waals surface area contributed by atoms with Gasteiger partial charge < -0.3 is 10.5 Å². The van der Waals surface area contributed by atoms with Crippen molar-refractivity contribution in [2.24, 2.45) is 12.8 Å². The maximum atomic E-state index is 12.3. The second kappa shape index (κ2) is 7.56. The fraction of sp³-hybridized carbons (Fsp3) is 0.312. The Bertz CT molecular complexity index is 890. The topological polar surface area (TPSA) is 133 Å². The number of nitrogens with zero attached hydrogens (tertiary/aromatic N) is 2. The molecule has 2 aromatic rings. The fourth-order valence-electron chi connectivity index (χ4n) is 2.23. The van der Waals surface area contributed by atoms with Gasteiger partial charge >= 0.3 is 12.0 Å². The van der Waals surface area contributed by atoms with E-state index in [9.17, 15) is 19.2 Å². The number of urea groups is 1. The molecule has 0 saturated heterocycles. The molecule has 1 atom stereocenters. The molecule has 25 heavy (non-hydrogen) atoms. The number of nitrogens with two attached hydrogens (primary N) is 1. The third-order valence-corrected chi connectivity index (χ3v) is 3.55. The number of fused-ring (bicyclic) bond motifs is 1. The highest BCUT2D eigenvalue weighted by Gasteiger charge is 2.19. The summed E-state index contributed by atoms with van der Waals surface area (Å²) in [5.74, 6) is -1.04. The summed E-state index contributed by atoms with van der Waals surface area (Å²) >= 11 is 0. The maximum absolute atomic E-state index is 12.3. The first kappa shape index (κ1) is 18.1. The number of ether oxygens (including phenoxy) is 1. The number of carbonyl (C=O) groups excluding carboxylic acids is 3. The zero-order valence-electron chi connectivity index (χ0n) is 13.8. The Kier molecular flexibility index (Phi) is 5.48. The maximum Gasteiger partial charge on any atom is 0.318 e. The number of hydrogen-bond acceptors (Lipinski definition) is 6. The Morgan fingerprint density at radius 2 is 2.00 bits per heavy atom. The van der Waals surface area contributed by atoms with Gasteiger partial charge in [0.15, 0.2) is 6.10 Å². The molecule has 2 rings (SSSR count). The van der Waals surface area contributed by atoms with Crippen LogP contribution in [0.2, 0.25) is 0 Å². The van der Waals surface area contributed by atoms with Gasteiger partial charge in [-0.15, -0.1) is 0 Å². The number of hydrogen-bond donors (Lipinski definition) is 2. The summed E-state index contributed by atoms with van der Waals surface area (Å²) in [5, 5.41) is 2.32. The standard InChI is InChI=1S/C16H18N4O5/c1-9(14(22)19-16(17)24)25-13(21)8-7-12-18-11-6-4-3-5-10(11)15(23)20(12)2/h3-6,9H,7-8H2,1-2H3,(H3,17,19,22,24)/t9-/m0/s1. The van der Waals surface area contributed by atoms with Crippen LogP contribution in [-0.2, 0) is 27.8 Å². The van der Waals surface area contributed by atoms with Crippen LogP contribution in [0.15, 0.2) is 29.1 Å². The quantitative estimate of drug-likeness (QED) is 0.732. The molecule has 0 radical (unpaired) electrons. The van der Waals surface area contributed by atoms with Crippen LogP contribution >= 0.6 is 0 Å². The van der Waals surface area contributed by atoms with E-state index in [0.29, 0.717) is 16.7 Å². The molecule has 3 N–H and O–H groups in total. The average molecular weight is 346 g/mol. The van der Waals surface area contributed by atoms with Crippen molar-refractivity contribution in [3.8, 4) is 0 Å². The van der Waals surface area contributed by atoms with E-state index in [1.54, 1.807) is 31.3 Å². The van der Waals surface area contributed by atoms with Crippen molar-refractivity contribution >= 4 is 28.8 Å². The molecule has 0 aliphatic heterocycles. The summed E-state index contributed by atoms with van der Waals surface area (Å²) < 4.78 is 6.29. The van der Waals surface area contributed by atoms with Gasteiger partial charge in [0.1, 0.15) is 5.82 Å². The first-order valence-electron chi connectivity index (χ1n) is 7.54. The summed E-state index contributed by atoms with van der Waals surface area (Å²) in [5.41, 5.74) is 5.16. The smallest absolute Gasteiger partial charge is 0.318 e. The summed E-state index contributed by atoms with van der Waals surface area (Å²) in [7, 11) is 1.57. The first-order chi connectivity index (χ1) is 11.8. The molecule has 0 unspecified atom stereocenters. The van der Waals surface area contributed by atoms with Crippen molar-refractivity contribution < 1.29 is 19.1 Å². The summed E-state index contributed by atoms with van der Waals surface area (Å²) in [4.78, 5) is 50.6. The van der Waals surface area contributed by atoms with Gasteiger partial charge in [0, 0.05) is 13.5 Å². The number of primary amides is 1. The summed E-state index contributed by atoms with van der Waals surface area (Å²) in [6.07, 6.45) is -1.07. The molecule has 0 bridgehead atoms. The molecule has 0 spiro atoms. The molecule has 3 amide bonds. The lowest BCUT2D eigenvalue weighted by Gasteiger charge is -2.12. The van der Waals surface area contributed by atoms with E-state index in [2.05, 4.69) is 4.98 Å². The summed E-state index contributed by atoms with van der Waals surface area (Å²) in [6.45, 7) is 1.32. The van der Waals surface area contributed by atoms with Gasteiger partial charge in [-0.1, -0.05) is 12.1 Å². The van der Waals surface area contributed by atoms with Crippen LogP contribution in [0.1, 0.15) is 19.2 Å². The van der Waals surface area contributed by atoms with Crippen molar-refractivity contribution in [1.29, 1.82) is 0 Å². The van der Waals surface area contributed by atoms with Crippen LogP contribution in [0, 0.1) is 0 Å². The molecule has 132 valence electrons. The number of esters is 1. The van der Waals surface area contributed by atoms with Crippen molar-refractivity contribution in [2.45, 2.75) is 25.9 Å². The lowest BCUT2D eigenvalue weighted by molar-refractivity contribution is -0.154. The number of aryl methyl sites for hydroxylation is 1. The molecule has 0 aliphatic rings. The van der Waals surface area contributed by atoms with E-state index in [1.807, 2.05) is 5.32 Å². The van der Waals surface area contributed by atoms with Gasteiger partial charge in [-0.05, 0) is 19.1 Å². The minimum absolute atomic E-state index is 0.0766.